The van der Waals surface area contributed by atoms with Crippen LogP contribution in [0.15, 0.2) is 12.1 Å². The summed E-state index contributed by atoms with van der Waals surface area (Å²) in [7, 11) is 0. The van der Waals surface area contributed by atoms with Gasteiger partial charge in [-0.15, -0.1) is 10.2 Å². The molecule has 2 rings (SSSR count). The van der Waals surface area contributed by atoms with Crippen LogP contribution in [0.3, 0.4) is 0 Å². The van der Waals surface area contributed by atoms with Crippen molar-refractivity contribution in [3.05, 3.63) is 23.0 Å². The van der Waals surface area contributed by atoms with Crippen molar-refractivity contribution in [2.75, 3.05) is 26.3 Å². The molecule has 1 unspecified atom stereocenters. The minimum atomic E-state index is -0.645. The number of amides is 2. The fourth-order valence-corrected chi connectivity index (χ4v) is 2.03. The number of carbonyl (C=O) groups is 2. The predicted molar refractivity (Wildman–Crippen MR) is 71.4 cm³/mol. The quantitative estimate of drug-likeness (QED) is 0.856. The van der Waals surface area contributed by atoms with E-state index in [-0.39, 0.29) is 29.3 Å². The van der Waals surface area contributed by atoms with Gasteiger partial charge in [0, 0.05) is 13.1 Å². The number of nitrogens with one attached hydrogen (secondary N) is 1. The fraction of sp³-hybridized carbons (Fsp3) is 0.500. The SMILES string of the molecule is CCNC(=O)C1COCCN1C(=O)c1ccc(Cl)nn1. The number of rotatable bonds is 3. The Morgan fingerprint density at radius 2 is 2.30 bits per heavy atom. The maximum absolute atomic E-state index is 12.4. The van der Waals surface area contributed by atoms with Crippen molar-refractivity contribution >= 4 is 23.4 Å². The lowest BCUT2D eigenvalue weighted by Gasteiger charge is -2.34. The molecule has 1 fully saturated rings. The normalized spacial score (nSPS) is 18.7. The van der Waals surface area contributed by atoms with Crippen molar-refractivity contribution in [1.29, 1.82) is 0 Å². The van der Waals surface area contributed by atoms with Crippen molar-refractivity contribution in [3.8, 4) is 0 Å². The minimum Gasteiger partial charge on any atom is -0.377 e. The average Bonchev–Trinajstić information content (AvgIpc) is 2.47. The van der Waals surface area contributed by atoms with E-state index in [0.717, 1.165) is 0 Å². The van der Waals surface area contributed by atoms with Crippen LogP contribution in [0.4, 0.5) is 0 Å². The van der Waals surface area contributed by atoms with Crippen molar-refractivity contribution < 1.29 is 14.3 Å². The summed E-state index contributed by atoms with van der Waals surface area (Å²) in [5.41, 5.74) is 0.158. The molecule has 2 heterocycles. The molecule has 108 valence electrons. The third kappa shape index (κ3) is 3.23. The molecule has 20 heavy (non-hydrogen) atoms. The topological polar surface area (TPSA) is 84.4 Å². The van der Waals surface area contributed by atoms with Gasteiger partial charge in [0.2, 0.25) is 5.91 Å². The van der Waals surface area contributed by atoms with Crippen LogP contribution in [0.2, 0.25) is 5.15 Å². The van der Waals surface area contributed by atoms with E-state index in [0.29, 0.717) is 19.7 Å². The Balaban J connectivity index is 2.16. The molecule has 0 aromatic carbocycles. The zero-order valence-corrected chi connectivity index (χ0v) is 11.8. The molecule has 1 saturated heterocycles. The standard InChI is InChI=1S/C12H15ClN4O3/c1-2-14-11(18)9-7-20-6-5-17(9)12(19)8-3-4-10(13)16-15-8/h3-4,9H,2,5-7H2,1H3,(H,14,18). The van der Waals surface area contributed by atoms with Gasteiger partial charge in [0.15, 0.2) is 10.8 Å². The van der Waals surface area contributed by atoms with Crippen LogP contribution < -0.4 is 5.32 Å². The third-order valence-corrected chi connectivity index (χ3v) is 3.10. The Kier molecular flexibility index (Phi) is 4.86. The van der Waals surface area contributed by atoms with Gasteiger partial charge in [0.05, 0.1) is 13.2 Å². The van der Waals surface area contributed by atoms with Gasteiger partial charge in [-0.2, -0.15) is 0 Å². The molecular formula is C12H15ClN4O3. The average molecular weight is 299 g/mol. The smallest absolute Gasteiger partial charge is 0.275 e. The first-order chi connectivity index (χ1) is 9.63. The molecule has 0 aliphatic carbocycles. The summed E-state index contributed by atoms with van der Waals surface area (Å²) in [6, 6.07) is 2.33. The van der Waals surface area contributed by atoms with Gasteiger partial charge < -0.3 is 15.0 Å². The number of ether oxygens (including phenoxy) is 1. The largest absolute Gasteiger partial charge is 0.377 e. The van der Waals surface area contributed by atoms with Crippen molar-refractivity contribution in [2.24, 2.45) is 0 Å². The zero-order chi connectivity index (χ0) is 14.5. The van der Waals surface area contributed by atoms with Gasteiger partial charge in [0.1, 0.15) is 6.04 Å². The van der Waals surface area contributed by atoms with E-state index in [2.05, 4.69) is 15.5 Å². The maximum Gasteiger partial charge on any atom is 0.275 e. The molecule has 1 N–H and O–H groups in total. The second kappa shape index (κ2) is 6.62. The number of morpholine rings is 1. The number of halogens is 1. The Bertz CT molecular complexity index is 494. The Morgan fingerprint density at radius 3 is 2.95 bits per heavy atom. The number of likely N-dealkylation sites (N-methyl/N-ethyl adjacent to an activating group) is 1. The van der Waals surface area contributed by atoms with Crippen molar-refractivity contribution in [3.63, 3.8) is 0 Å². The molecule has 7 nitrogen and oxygen atoms in total. The van der Waals surface area contributed by atoms with Crippen LogP contribution in [-0.4, -0.2) is 59.3 Å². The lowest BCUT2D eigenvalue weighted by atomic mass is 10.2. The molecular weight excluding hydrogens is 284 g/mol. The summed E-state index contributed by atoms with van der Waals surface area (Å²) < 4.78 is 5.27. The molecule has 0 radical (unpaired) electrons. The summed E-state index contributed by atoms with van der Waals surface area (Å²) >= 11 is 5.64. The van der Waals surface area contributed by atoms with Gasteiger partial charge in [0.25, 0.3) is 5.91 Å². The molecule has 1 aliphatic rings. The number of carbonyl (C=O) groups excluding carboxylic acids is 2. The summed E-state index contributed by atoms with van der Waals surface area (Å²) in [4.78, 5) is 25.8. The van der Waals surface area contributed by atoms with Crippen LogP contribution in [0.1, 0.15) is 17.4 Å². The molecule has 1 aliphatic heterocycles. The van der Waals surface area contributed by atoms with E-state index in [4.69, 9.17) is 16.3 Å². The fourth-order valence-electron chi connectivity index (χ4n) is 1.93. The van der Waals surface area contributed by atoms with Crippen LogP contribution >= 0.6 is 11.6 Å². The number of nitrogens with zero attached hydrogens (tertiary/aromatic N) is 3. The lowest BCUT2D eigenvalue weighted by molar-refractivity contribution is -0.130. The zero-order valence-electron chi connectivity index (χ0n) is 11.0. The molecule has 8 heteroatoms. The van der Waals surface area contributed by atoms with Crippen LogP contribution in [0.5, 0.6) is 0 Å². The summed E-state index contributed by atoms with van der Waals surface area (Å²) in [6.45, 7) is 3.22. The van der Waals surface area contributed by atoms with E-state index in [1.165, 1.54) is 17.0 Å². The molecule has 1 aromatic rings. The monoisotopic (exact) mass is 298 g/mol. The van der Waals surface area contributed by atoms with Crippen LogP contribution in [0, 0.1) is 0 Å². The van der Waals surface area contributed by atoms with Crippen molar-refractivity contribution in [1.82, 2.24) is 20.4 Å². The Morgan fingerprint density at radius 1 is 1.50 bits per heavy atom. The van der Waals surface area contributed by atoms with E-state index >= 15 is 0 Å². The second-order valence-electron chi connectivity index (χ2n) is 4.23. The second-order valence-corrected chi connectivity index (χ2v) is 4.61. The van der Waals surface area contributed by atoms with E-state index in [1.54, 1.807) is 0 Å². The number of aromatic nitrogens is 2. The molecule has 1 aromatic heterocycles. The van der Waals surface area contributed by atoms with Crippen LogP contribution in [0.25, 0.3) is 0 Å². The predicted octanol–water partition coefficient (Wildman–Crippen LogP) is 0.107. The Hall–Kier alpha value is -1.73. The van der Waals surface area contributed by atoms with Gasteiger partial charge in [-0.3, -0.25) is 9.59 Å². The van der Waals surface area contributed by atoms with Crippen LogP contribution in [-0.2, 0) is 9.53 Å². The first kappa shape index (κ1) is 14.7. The third-order valence-electron chi connectivity index (χ3n) is 2.89. The molecule has 1 atom stereocenters. The molecule has 0 spiro atoms. The van der Waals surface area contributed by atoms with E-state index in [9.17, 15) is 9.59 Å². The van der Waals surface area contributed by atoms with E-state index < -0.39 is 6.04 Å². The number of hydrogen-bond acceptors (Lipinski definition) is 5. The van der Waals surface area contributed by atoms with Gasteiger partial charge in [-0.05, 0) is 19.1 Å². The minimum absolute atomic E-state index is 0.158. The van der Waals surface area contributed by atoms with Gasteiger partial charge in [-0.1, -0.05) is 11.6 Å². The van der Waals surface area contributed by atoms with Gasteiger partial charge >= 0.3 is 0 Å². The highest BCUT2D eigenvalue weighted by atomic mass is 35.5. The molecule has 0 saturated carbocycles. The Labute approximate surface area is 121 Å². The summed E-state index contributed by atoms with van der Waals surface area (Å²) in [5.74, 6) is -0.587. The first-order valence-corrected chi connectivity index (χ1v) is 6.67. The highest BCUT2D eigenvalue weighted by Crippen LogP contribution is 2.12. The summed E-state index contributed by atoms with van der Waals surface area (Å²) in [5, 5.41) is 10.3. The van der Waals surface area contributed by atoms with E-state index in [1.807, 2.05) is 6.92 Å². The number of hydrogen-bond donors (Lipinski definition) is 1. The van der Waals surface area contributed by atoms with Gasteiger partial charge in [-0.25, -0.2) is 0 Å². The lowest BCUT2D eigenvalue weighted by Crippen LogP contribution is -2.56. The molecule has 0 bridgehead atoms. The van der Waals surface area contributed by atoms with Crippen molar-refractivity contribution in [2.45, 2.75) is 13.0 Å². The highest BCUT2D eigenvalue weighted by Gasteiger charge is 2.33. The summed E-state index contributed by atoms with van der Waals surface area (Å²) in [6.07, 6.45) is 0. The molecule has 2 amide bonds. The highest BCUT2D eigenvalue weighted by molar-refractivity contribution is 6.29. The first-order valence-electron chi connectivity index (χ1n) is 6.29. The maximum atomic E-state index is 12.4.